The van der Waals surface area contributed by atoms with Crippen LogP contribution < -0.4 is 5.32 Å². The van der Waals surface area contributed by atoms with Crippen LogP contribution in [0.3, 0.4) is 0 Å². The molecular weight excluding hydrogens is 310 g/mol. The molecule has 0 atom stereocenters. The largest absolute Gasteiger partial charge is 0.478 e. The van der Waals surface area contributed by atoms with Gasteiger partial charge in [-0.1, -0.05) is 15.9 Å². The molecule has 0 radical (unpaired) electrons. The standard InChI is InChI=1S/C13H14BrN3O2/c1-8-9(7-17(2)16-8)6-15-12-4-3-10(14)5-11(12)13(18)19/h3-5,7,15H,6H2,1-2H3,(H,18,19). The van der Waals surface area contributed by atoms with Crippen LogP contribution in [0.15, 0.2) is 28.9 Å². The van der Waals surface area contributed by atoms with Crippen molar-refractivity contribution in [1.29, 1.82) is 0 Å². The number of halogens is 1. The van der Waals surface area contributed by atoms with Gasteiger partial charge in [0.2, 0.25) is 0 Å². The van der Waals surface area contributed by atoms with Crippen molar-refractivity contribution in [3.8, 4) is 0 Å². The number of carbonyl (C=O) groups is 1. The maximum absolute atomic E-state index is 11.2. The molecule has 2 N–H and O–H groups in total. The second-order valence-corrected chi connectivity index (χ2v) is 5.18. The maximum Gasteiger partial charge on any atom is 0.337 e. The van der Waals surface area contributed by atoms with Crippen LogP contribution in [-0.2, 0) is 13.6 Å². The molecule has 0 spiro atoms. The smallest absolute Gasteiger partial charge is 0.337 e. The molecule has 1 aromatic heterocycles. The van der Waals surface area contributed by atoms with E-state index in [0.717, 1.165) is 15.7 Å². The molecule has 2 aromatic rings. The van der Waals surface area contributed by atoms with E-state index < -0.39 is 5.97 Å². The summed E-state index contributed by atoms with van der Waals surface area (Å²) in [5.74, 6) is -0.952. The molecule has 0 amide bonds. The number of aromatic carboxylic acids is 1. The van der Waals surface area contributed by atoms with Crippen LogP contribution in [0.25, 0.3) is 0 Å². The average molecular weight is 324 g/mol. The van der Waals surface area contributed by atoms with Crippen molar-refractivity contribution < 1.29 is 9.90 Å². The molecule has 0 unspecified atom stereocenters. The monoisotopic (exact) mass is 323 g/mol. The summed E-state index contributed by atoms with van der Waals surface area (Å²) in [6, 6.07) is 5.14. The van der Waals surface area contributed by atoms with E-state index in [1.807, 2.05) is 26.2 Å². The highest BCUT2D eigenvalue weighted by atomic mass is 79.9. The Morgan fingerprint density at radius 1 is 1.53 bits per heavy atom. The Balaban J connectivity index is 2.20. The summed E-state index contributed by atoms with van der Waals surface area (Å²) in [6.45, 7) is 2.47. The van der Waals surface area contributed by atoms with E-state index in [0.29, 0.717) is 12.2 Å². The minimum Gasteiger partial charge on any atom is -0.478 e. The zero-order chi connectivity index (χ0) is 14.0. The van der Waals surface area contributed by atoms with Crippen LogP contribution in [0.1, 0.15) is 21.6 Å². The van der Waals surface area contributed by atoms with Crippen LogP contribution in [0.5, 0.6) is 0 Å². The van der Waals surface area contributed by atoms with E-state index in [-0.39, 0.29) is 5.56 Å². The van der Waals surface area contributed by atoms with E-state index in [2.05, 4.69) is 26.3 Å². The lowest BCUT2D eigenvalue weighted by Gasteiger charge is -2.09. The summed E-state index contributed by atoms with van der Waals surface area (Å²) in [7, 11) is 1.86. The first-order valence-electron chi connectivity index (χ1n) is 5.73. The van der Waals surface area contributed by atoms with Crippen molar-refractivity contribution >= 4 is 27.6 Å². The van der Waals surface area contributed by atoms with Gasteiger partial charge < -0.3 is 10.4 Å². The molecule has 6 heteroatoms. The molecule has 0 aliphatic carbocycles. The van der Waals surface area contributed by atoms with Gasteiger partial charge >= 0.3 is 5.97 Å². The molecule has 0 fully saturated rings. The molecule has 5 nitrogen and oxygen atoms in total. The maximum atomic E-state index is 11.2. The minimum atomic E-state index is -0.952. The highest BCUT2D eigenvalue weighted by molar-refractivity contribution is 9.10. The lowest BCUT2D eigenvalue weighted by atomic mass is 10.1. The molecule has 1 aromatic carbocycles. The van der Waals surface area contributed by atoms with Crippen LogP contribution in [0.2, 0.25) is 0 Å². The van der Waals surface area contributed by atoms with Gasteiger partial charge in [-0.05, 0) is 25.1 Å². The number of rotatable bonds is 4. The SMILES string of the molecule is Cc1nn(C)cc1CNc1ccc(Br)cc1C(=O)O. The van der Waals surface area contributed by atoms with E-state index in [1.54, 1.807) is 16.8 Å². The van der Waals surface area contributed by atoms with Crippen LogP contribution in [0, 0.1) is 6.92 Å². The topological polar surface area (TPSA) is 67.2 Å². The minimum absolute atomic E-state index is 0.246. The quantitative estimate of drug-likeness (QED) is 0.907. The van der Waals surface area contributed by atoms with Crippen molar-refractivity contribution in [2.75, 3.05) is 5.32 Å². The zero-order valence-corrected chi connectivity index (χ0v) is 12.2. The van der Waals surface area contributed by atoms with Crippen molar-refractivity contribution in [2.45, 2.75) is 13.5 Å². The van der Waals surface area contributed by atoms with E-state index in [4.69, 9.17) is 5.11 Å². The number of nitrogens with one attached hydrogen (secondary N) is 1. The zero-order valence-electron chi connectivity index (χ0n) is 10.6. The Morgan fingerprint density at radius 2 is 2.26 bits per heavy atom. The second kappa shape index (κ2) is 5.44. The molecule has 0 aliphatic heterocycles. The molecule has 0 saturated heterocycles. The number of nitrogens with zero attached hydrogens (tertiary/aromatic N) is 2. The Hall–Kier alpha value is -1.82. The molecule has 0 bridgehead atoms. The molecule has 100 valence electrons. The Bertz CT molecular complexity index is 622. The number of hydrogen-bond acceptors (Lipinski definition) is 3. The first-order chi connectivity index (χ1) is 8.97. The van der Waals surface area contributed by atoms with Gasteiger partial charge in [0.05, 0.1) is 11.3 Å². The summed E-state index contributed by atoms with van der Waals surface area (Å²) in [5, 5.41) is 16.6. The summed E-state index contributed by atoms with van der Waals surface area (Å²) >= 11 is 3.27. The first-order valence-corrected chi connectivity index (χ1v) is 6.52. The predicted octanol–water partition coefficient (Wildman–Crippen LogP) is 2.80. The molecule has 0 saturated carbocycles. The van der Waals surface area contributed by atoms with Gasteiger partial charge in [-0.2, -0.15) is 5.10 Å². The first kappa shape index (κ1) is 13.6. The number of aryl methyl sites for hydroxylation is 2. The third-order valence-corrected chi connectivity index (χ3v) is 3.29. The third-order valence-electron chi connectivity index (χ3n) is 2.80. The molecule has 19 heavy (non-hydrogen) atoms. The fraction of sp³-hybridized carbons (Fsp3) is 0.231. The van der Waals surface area contributed by atoms with Gasteiger partial charge in [-0.15, -0.1) is 0 Å². The van der Waals surface area contributed by atoms with Gasteiger partial charge in [-0.25, -0.2) is 4.79 Å². The number of anilines is 1. The van der Waals surface area contributed by atoms with E-state index in [1.165, 1.54) is 0 Å². The van der Waals surface area contributed by atoms with Crippen LogP contribution in [-0.4, -0.2) is 20.9 Å². The number of benzene rings is 1. The number of aromatic nitrogens is 2. The highest BCUT2D eigenvalue weighted by Gasteiger charge is 2.11. The summed E-state index contributed by atoms with van der Waals surface area (Å²) < 4.78 is 2.49. The normalized spacial score (nSPS) is 10.5. The van der Waals surface area contributed by atoms with Crippen molar-refractivity contribution in [3.63, 3.8) is 0 Å². The van der Waals surface area contributed by atoms with E-state index in [9.17, 15) is 4.79 Å². The highest BCUT2D eigenvalue weighted by Crippen LogP contribution is 2.22. The number of carboxylic acids is 1. The van der Waals surface area contributed by atoms with Gasteiger partial charge in [0.15, 0.2) is 0 Å². The molecule has 2 rings (SSSR count). The summed E-state index contributed by atoms with van der Waals surface area (Å²) in [6.07, 6.45) is 1.92. The summed E-state index contributed by atoms with van der Waals surface area (Å²) in [5.41, 5.74) is 2.82. The molecular formula is C13H14BrN3O2. The lowest BCUT2D eigenvalue weighted by Crippen LogP contribution is -2.06. The molecule has 0 aliphatic rings. The summed E-state index contributed by atoms with van der Waals surface area (Å²) in [4.78, 5) is 11.2. The van der Waals surface area contributed by atoms with Crippen LogP contribution >= 0.6 is 15.9 Å². The third kappa shape index (κ3) is 3.14. The predicted molar refractivity (Wildman–Crippen MR) is 76.4 cm³/mol. The number of hydrogen-bond donors (Lipinski definition) is 2. The Kier molecular flexibility index (Phi) is 3.90. The van der Waals surface area contributed by atoms with E-state index >= 15 is 0 Å². The van der Waals surface area contributed by atoms with Gasteiger partial charge in [-0.3, -0.25) is 4.68 Å². The Morgan fingerprint density at radius 3 is 2.84 bits per heavy atom. The van der Waals surface area contributed by atoms with Crippen molar-refractivity contribution in [2.24, 2.45) is 7.05 Å². The van der Waals surface area contributed by atoms with Crippen molar-refractivity contribution in [3.05, 3.63) is 45.7 Å². The molecule has 1 heterocycles. The second-order valence-electron chi connectivity index (χ2n) is 4.26. The van der Waals surface area contributed by atoms with Gasteiger partial charge in [0.1, 0.15) is 0 Å². The van der Waals surface area contributed by atoms with Crippen LogP contribution in [0.4, 0.5) is 5.69 Å². The van der Waals surface area contributed by atoms with Gasteiger partial charge in [0.25, 0.3) is 0 Å². The fourth-order valence-electron chi connectivity index (χ4n) is 1.86. The van der Waals surface area contributed by atoms with Gasteiger partial charge in [0, 0.05) is 35.5 Å². The average Bonchev–Trinajstić information content (AvgIpc) is 2.66. The lowest BCUT2D eigenvalue weighted by molar-refractivity contribution is 0.0698. The Labute approximate surface area is 119 Å². The number of carboxylic acid groups (broad SMARTS) is 1. The fourth-order valence-corrected chi connectivity index (χ4v) is 2.22. The van der Waals surface area contributed by atoms with Crippen molar-refractivity contribution in [1.82, 2.24) is 9.78 Å².